The molecule has 0 spiro atoms. The van der Waals surface area contributed by atoms with Crippen molar-refractivity contribution < 1.29 is 46.9 Å². The molecule has 2 unspecified atom stereocenters. The Labute approximate surface area is 268 Å². The third-order valence-corrected chi connectivity index (χ3v) is 10.9. The Morgan fingerprint density at radius 1 is 1.06 bits per heavy atom. The van der Waals surface area contributed by atoms with Crippen LogP contribution in [0.5, 0.6) is 5.75 Å². The van der Waals surface area contributed by atoms with E-state index in [0.29, 0.717) is 48.6 Å². The minimum absolute atomic E-state index is 0.140. The number of aliphatic hydroxyl groups excluding tert-OH is 2. The monoisotopic (exact) mass is 657 g/mol. The number of fused-ring (bicyclic) bond motifs is 3. The Morgan fingerprint density at radius 2 is 1.83 bits per heavy atom. The van der Waals surface area contributed by atoms with Gasteiger partial charge in [0, 0.05) is 23.2 Å². The summed E-state index contributed by atoms with van der Waals surface area (Å²) in [6.45, 7) is -0.638. The standard InChI is InChI=1S/C34H35F4N3O6/c1-46-26-9-4-18(29-32(15-42)10-11-33(32,16-43)47-41-29)13-23(26)30(44)40-28-21-7-6-20(22(21)12-17-2-3-17)27(28)31(45)39-19-5-8-25(35)24(14-19)34(36,37)38/h4-5,8-9,12-14,17,20-21,27-28,42-43H,2-3,6-7,10-11,15-16H2,1H3,(H,39,45)(H,40,44)/b22-12-/t20-,21+,27-,28+,32?,33?/m0/s1. The van der Waals surface area contributed by atoms with E-state index in [1.807, 2.05) is 0 Å². The number of benzene rings is 2. The third kappa shape index (κ3) is 5.00. The quantitative estimate of drug-likeness (QED) is 0.226. The number of hydrogen-bond acceptors (Lipinski definition) is 7. The van der Waals surface area contributed by atoms with Crippen molar-refractivity contribution in [1.29, 1.82) is 0 Å². The van der Waals surface area contributed by atoms with Gasteiger partial charge in [-0.25, -0.2) is 4.39 Å². The maximum atomic E-state index is 14.0. The first-order valence-electron chi connectivity index (χ1n) is 15.8. The van der Waals surface area contributed by atoms with Crippen LogP contribution in [-0.2, 0) is 15.8 Å². The largest absolute Gasteiger partial charge is 0.496 e. The van der Waals surface area contributed by atoms with E-state index in [4.69, 9.17) is 9.57 Å². The number of aliphatic hydroxyl groups is 2. The molecule has 6 atom stereocenters. The van der Waals surface area contributed by atoms with Gasteiger partial charge in [-0.15, -0.1) is 0 Å². The first-order chi connectivity index (χ1) is 22.4. The van der Waals surface area contributed by atoms with Crippen molar-refractivity contribution in [2.24, 2.45) is 34.2 Å². The second kappa shape index (κ2) is 11.3. The Bertz CT molecular complexity index is 1680. The maximum Gasteiger partial charge on any atom is 0.419 e. The number of amides is 2. The van der Waals surface area contributed by atoms with E-state index < -0.39 is 52.3 Å². The molecule has 0 aromatic heterocycles. The topological polar surface area (TPSA) is 129 Å². The Morgan fingerprint density at radius 3 is 2.47 bits per heavy atom. The van der Waals surface area contributed by atoms with Gasteiger partial charge < -0.3 is 30.4 Å². The lowest BCUT2D eigenvalue weighted by Gasteiger charge is -2.50. The van der Waals surface area contributed by atoms with Crippen LogP contribution in [0.4, 0.5) is 23.2 Å². The van der Waals surface area contributed by atoms with E-state index in [2.05, 4.69) is 21.9 Å². The van der Waals surface area contributed by atoms with Crippen molar-refractivity contribution >= 4 is 23.2 Å². The number of carbonyl (C=O) groups excluding carboxylic acids is 2. The molecule has 47 heavy (non-hydrogen) atoms. The summed E-state index contributed by atoms with van der Waals surface area (Å²) >= 11 is 0. The van der Waals surface area contributed by atoms with Gasteiger partial charge in [0.2, 0.25) is 5.91 Å². The van der Waals surface area contributed by atoms with Crippen LogP contribution in [0.1, 0.15) is 60.0 Å². The zero-order valence-electron chi connectivity index (χ0n) is 25.6. The summed E-state index contributed by atoms with van der Waals surface area (Å²) in [4.78, 5) is 33.5. The van der Waals surface area contributed by atoms with Gasteiger partial charge in [0.1, 0.15) is 11.6 Å². The molecule has 4 fully saturated rings. The molecule has 0 saturated heterocycles. The van der Waals surface area contributed by atoms with Crippen LogP contribution in [0.25, 0.3) is 0 Å². The summed E-state index contributed by atoms with van der Waals surface area (Å²) in [7, 11) is 1.42. The van der Waals surface area contributed by atoms with Gasteiger partial charge in [-0.2, -0.15) is 13.2 Å². The van der Waals surface area contributed by atoms with Crippen LogP contribution in [0.2, 0.25) is 0 Å². The molecule has 1 heterocycles. The van der Waals surface area contributed by atoms with Gasteiger partial charge >= 0.3 is 6.18 Å². The molecule has 7 rings (SSSR count). The number of nitrogens with one attached hydrogen (secondary N) is 2. The Balaban J connectivity index is 1.18. The average Bonchev–Trinajstić information content (AvgIpc) is 3.66. The lowest BCUT2D eigenvalue weighted by molar-refractivity contribution is -0.184. The molecule has 4 aliphatic carbocycles. The van der Waals surface area contributed by atoms with Crippen LogP contribution in [0.3, 0.4) is 0 Å². The number of halogens is 4. The highest BCUT2D eigenvalue weighted by Crippen LogP contribution is 2.58. The van der Waals surface area contributed by atoms with E-state index in [0.717, 1.165) is 30.9 Å². The molecule has 2 amide bonds. The first-order valence-corrected chi connectivity index (χ1v) is 15.8. The molecule has 2 bridgehead atoms. The van der Waals surface area contributed by atoms with E-state index in [-0.39, 0.29) is 42.0 Å². The molecule has 2 aromatic carbocycles. The summed E-state index contributed by atoms with van der Waals surface area (Å²) in [5.41, 5.74) is -1.45. The molecule has 9 nitrogen and oxygen atoms in total. The number of ether oxygens (including phenoxy) is 1. The number of alkyl halides is 3. The normalized spacial score (nSPS) is 31.6. The molecule has 13 heteroatoms. The SMILES string of the molecule is COc1ccc(C2=NOC3(CO)CCC23CO)cc1C(=O)N[C@H]1[C@@H](C(=O)Nc2ccc(F)c(C(F)(F)F)c2)[C@H]2CC[C@@H]1/C2=C\C1CC1. The Hall–Kier alpha value is -3.97. The van der Waals surface area contributed by atoms with E-state index >= 15 is 0 Å². The highest BCUT2D eigenvalue weighted by Gasteiger charge is 2.68. The predicted molar refractivity (Wildman–Crippen MR) is 161 cm³/mol. The van der Waals surface area contributed by atoms with Gasteiger partial charge in [-0.1, -0.05) is 16.8 Å². The lowest BCUT2D eigenvalue weighted by Crippen LogP contribution is -2.63. The minimum Gasteiger partial charge on any atom is -0.496 e. The second-order valence-corrected chi connectivity index (χ2v) is 13.3. The molecule has 1 aliphatic heterocycles. The van der Waals surface area contributed by atoms with Crippen molar-refractivity contribution in [3.8, 4) is 5.75 Å². The molecular weight excluding hydrogens is 622 g/mol. The maximum absolute atomic E-state index is 14.0. The molecular formula is C34H35F4N3O6. The van der Waals surface area contributed by atoms with Crippen molar-refractivity contribution in [1.82, 2.24) is 5.32 Å². The molecule has 2 aromatic rings. The van der Waals surface area contributed by atoms with Crippen molar-refractivity contribution in [2.45, 2.75) is 56.3 Å². The molecule has 250 valence electrons. The smallest absolute Gasteiger partial charge is 0.419 e. The lowest BCUT2D eigenvalue weighted by atomic mass is 9.54. The zero-order chi connectivity index (χ0) is 33.3. The number of allylic oxidation sites excluding steroid dienone is 1. The minimum atomic E-state index is -4.94. The van der Waals surface area contributed by atoms with E-state index in [9.17, 15) is 37.4 Å². The fourth-order valence-electron chi connectivity index (χ4n) is 8.15. The van der Waals surface area contributed by atoms with Crippen LogP contribution in [0, 0.1) is 34.9 Å². The molecule has 4 N–H and O–H groups in total. The van der Waals surface area contributed by atoms with Crippen LogP contribution < -0.4 is 15.4 Å². The predicted octanol–water partition coefficient (Wildman–Crippen LogP) is 4.82. The first kappa shape index (κ1) is 31.6. The number of rotatable bonds is 9. The summed E-state index contributed by atoms with van der Waals surface area (Å²) in [6.07, 6.45) is 1.81. The third-order valence-electron chi connectivity index (χ3n) is 10.9. The van der Waals surface area contributed by atoms with E-state index in [1.54, 1.807) is 18.2 Å². The number of oxime groups is 1. The highest BCUT2D eigenvalue weighted by molar-refractivity contribution is 6.09. The van der Waals surface area contributed by atoms with Gasteiger partial charge in [-0.05, 0) is 86.8 Å². The number of carbonyl (C=O) groups is 2. The van der Waals surface area contributed by atoms with E-state index in [1.165, 1.54) is 7.11 Å². The number of methoxy groups -OCH3 is 1. The molecule has 0 radical (unpaired) electrons. The van der Waals surface area contributed by atoms with Gasteiger partial charge in [0.15, 0.2) is 5.60 Å². The number of anilines is 1. The summed E-state index contributed by atoms with van der Waals surface area (Å²) in [5, 5.41) is 30.3. The van der Waals surface area contributed by atoms with Crippen LogP contribution in [0.15, 0.2) is 53.2 Å². The number of nitrogens with zero attached hydrogens (tertiary/aromatic N) is 1. The molecule has 4 saturated carbocycles. The van der Waals surface area contributed by atoms with Crippen LogP contribution >= 0.6 is 0 Å². The van der Waals surface area contributed by atoms with Gasteiger partial charge in [-0.3, -0.25) is 9.59 Å². The average molecular weight is 658 g/mol. The summed E-state index contributed by atoms with van der Waals surface area (Å²) in [6, 6.07) is 6.56. The van der Waals surface area contributed by atoms with Gasteiger partial charge in [0.25, 0.3) is 5.91 Å². The van der Waals surface area contributed by atoms with Crippen molar-refractivity contribution in [3.05, 3.63) is 70.6 Å². The fourth-order valence-corrected chi connectivity index (χ4v) is 8.15. The number of hydrogen-bond donors (Lipinski definition) is 4. The Kier molecular flexibility index (Phi) is 7.62. The van der Waals surface area contributed by atoms with Crippen molar-refractivity contribution in [3.63, 3.8) is 0 Å². The zero-order valence-corrected chi connectivity index (χ0v) is 25.6. The fraction of sp³-hybridized carbons (Fsp3) is 0.500. The second-order valence-electron chi connectivity index (χ2n) is 13.3. The van der Waals surface area contributed by atoms with Gasteiger partial charge in [0.05, 0.1) is 48.5 Å². The van der Waals surface area contributed by atoms with Crippen LogP contribution in [-0.4, -0.2) is 59.7 Å². The molecule has 5 aliphatic rings. The summed E-state index contributed by atoms with van der Waals surface area (Å²) < 4.78 is 59.6. The summed E-state index contributed by atoms with van der Waals surface area (Å²) in [5.74, 6) is -2.98. The highest BCUT2D eigenvalue weighted by atomic mass is 19.4. The van der Waals surface area contributed by atoms with Crippen molar-refractivity contribution in [2.75, 3.05) is 25.6 Å².